The fraction of sp³-hybridized carbons (Fsp3) is 0.714. The summed E-state index contributed by atoms with van der Waals surface area (Å²) in [5.41, 5.74) is 5.23. The molecule has 11 heteroatoms. The van der Waals surface area contributed by atoms with E-state index in [1.165, 1.54) is 0 Å². The normalized spacial score (nSPS) is 17.3. The molecule has 2 N–H and O–H groups in total. The van der Waals surface area contributed by atoms with Gasteiger partial charge >= 0.3 is 6.18 Å². The van der Waals surface area contributed by atoms with Crippen LogP contribution in [0.25, 0.3) is 0 Å². The molecule has 0 amide bonds. The van der Waals surface area contributed by atoms with E-state index in [-0.39, 0.29) is 5.13 Å². The number of nitrogens with zero attached hydrogens (tertiary/aromatic N) is 3. The van der Waals surface area contributed by atoms with Gasteiger partial charge in [0.25, 0.3) is 10.0 Å². The number of nitrogen functional groups attached to an aromatic ring is 1. The van der Waals surface area contributed by atoms with Crippen LogP contribution in [0.3, 0.4) is 0 Å². The van der Waals surface area contributed by atoms with Gasteiger partial charge in [-0.15, -0.1) is 10.2 Å². The molecule has 0 bridgehead atoms. The third-order valence-corrected chi connectivity index (χ3v) is 5.24. The molecule has 0 aliphatic heterocycles. The predicted octanol–water partition coefficient (Wildman–Crippen LogP) is 0.836. The summed E-state index contributed by atoms with van der Waals surface area (Å²) in [4.78, 5) is 0. The van der Waals surface area contributed by atoms with Gasteiger partial charge in [-0.3, -0.25) is 0 Å². The number of rotatable bonds is 4. The molecule has 0 atom stereocenters. The number of alkyl halides is 3. The highest BCUT2D eigenvalue weighted by Gasteiger charge is 2.45. The summed E-state index contributed by atoms with van der Waals surface area (Å²) in [6.07, 6.45) is -3.75. The lowest BCUT2D eigenvalue weighted by molar-refractivity contribution is -0.137. The van der Waals surface area contributed by atoms with Gasteiger partial charge < -0.3 is 5.73 Å². The first-order valence-electron chi connectivity index (χ1n) is 4.88. The monoisotopic (exact) mass is 302 g/mol. The third-order valence-electron chi connectivity index (χ3n) is 2.24. The number of halogens is 3. The lowest BCUT2D eigenvalue weighted by atomic mass is 10.6. The fourth-order valence-electron chi connectivity index (χ4n) is 1.37. The van der Waals surface area contributed by atoms with Crippen molar-refractivity contribution in [3.8, 4) is 0 Å². The molecule has 0 spiro atoms. The first kappa shape index (κ1) is 13.5. The van der Waals surface area contributed by atoms with Gasteiger partial charge in [-0.05, 0) is 12.8 Å². The second kappa shape index (κ2) is 4.31. The summed E-state index contributed by atoms with van der Waals surface area (Å²) >= 11 is 0.553. The second-order valence-corrected chi connectivity index (χ2v) is 6.88. The summed E-state index contributed by atoms with van der Waals surface area (Å²) in [6.45, 7) is -1.51. The van der Waals surface area contributed by atoms with E-state index in [9.17, 15) is 21.6 Å². The van der Waals surface area contributed by atoms with Crippen molar-refractivity contribution in [2.75, 3.05) is 12.3 Å². The molecule has 18 heavy (non-hydrogen) atoms. The number of hydrogen-bond donors (Lipinski definition) is 1. The summed E-state index contributed by atoms with van der Waals surface area (Å²) in [6, 6.07) is -0.609. The van der Waals surface area contributed by atoms with Gasteiger partial charge in [-0.25, -0.2) is 8.42 Å². The zero-order chi connectivity index (χ0) is 13.6. The van der Waals surface area contributed by atoms with Gasteiger partial charge in [0.2, 0.25) is 9.47 Å². The molecular weight excluding hydrogens is 293 g/mol. The Bertz CT molecular complexity index is 537. The minimum atomic E-state index is -4.59. The van der Waals surface area contributed by atoms with Crippen LogP contribution >= 0.6 is 11.3 Å². The quantitative estimate of drug-likeness (QED) is 0.890. The number of sulfonamides is 1. The molecule has 0 saturated heterocycles. The average molecular weight is 302 g/mol. The van der Waals surface area contributed by atoms with Gasteiger partial charge in [0, 0.05) is 6.04 Å². The summed E-state index contributed by atoms with van der Waals surface area (Å²) in [7, 11) is -4.27. The molecule has 6 nitrogen and oxygen atoms in total. The molecule has 0 aromatic carbocycles. The van der Waals surface area contributed by atoms with Crippen LogP contribution in [0, 0.1) is 0 Å². The molecule has 0 radical (unpaired) electrons. The maximum Gasteiger partial charge on any atom is 0.402 e. The minimum absolute atomic E-state index is 0.101. The molecule has 1 saturated carbocycles. The topological polar surface area (TPSA) is 89.2 Å². The Morgan fingerprint density at radius 1 is 1.39 bits per heavy atom. The van der Waals surface area contributed by atoms with Crippen molar-refractivity contribution in [3.05, 3.63) is 0 Å². The van der Waals surface area contributed by atoms with E-state index < -0.39 is 33.1 Å². The zero-order valence-corrected chi connectivity index (χ0v) is 10.5. The molecule has 1 aromatic rings. The maximum atomic E-state index is 12.4. The first-order valence-corrected chi connectivity index (χ1v) is 7.13. The summed E-state index contributed by atoms with van der Waals surface area (Å²) in [5, 5.41) is 6.50. The van der Waals surface area contributed by atoms with E-state index >= 15 is 0 Å². The number of aromatic nitrogens is 2. The number of hydrogen-bond acceptors (Lipinski definition) is 6. The van der Waals surface area contributed by atoms with Crippen LogP contribution in [-0.4, -0.2) is 41.7 Å². The van der Waals surface area contributed by atoms with Crippen molar-refractivity contribution in [1.82, 2.24) is 14.5 Å². The Balaban J connectivity index is 2.30. The maximum absolute atomic E-state index is 12.4. The van der Waals surface area contributed by atoms with E-state index in [0.29, 0.717) is 28.5 Å². The van der Waals surface area contributed by atoms with Gasteiger partial charge in [-0.1, -0.05) is 11.3 Å². The molecule has 1 fully saturated rings. The fourth-order valence-corrected chi connectivity index (χ4v) is 3.95. The Kier molecular flexibility index (Phi) is 3.23. The largest absolute Gasteiger partial charge is 0.402 e. The summed E-state index contributed by atoms with van der Waals surface area (Å²) in [5.74, 6) is 0. The Morgan fingerprint density at radius 3 is 2.39 bits per heavy atom. The van der Waals surface area contributed by atoms with Gasteiger partial charge in [0.15, 0.2) is 0 Å². The highest BCUT2D eigenvalue weighted by molar-refractivity contribution is 7.91. The number of nitrogens with two attached hydrogens (primary N) is 1. The van der Waals surface area contributed by atoms with Gasteiger partial charge in [0.1, 0.15) is 6.54 Å². The number of anilines is 1. The first-order chi connectivity index (χ1) is 8.20. The van der Waals surface area contributed by atoms with Crippen molar-refractivity contribution in [2.45, 2.75) is 29.4 Å². The Labute approximate surface area is 105 Å². The van der Waals surface area contributed by atoms with Crippen LogP contribution in [0.5, 0.6) is 0 Å². The average Bonchev–Trinajstić information content (AvgIpc) is 2.95. The van der Waals surface area contributed by atoms with Crippen LogP contribution in [0.4, 0.5) is 18.3 Å². The van der Waals surface area contributed by atoms with Crippen LogP contribution in [0.15, 0.2) is 4.34 Å². The lowest BCUT2D eigenvalue weighted by Crippen LogP contribution is -2.40. The van der Waals surface area contributed by atoms with E-state index in [1.54, 1.807) is 0 Å². The lowest BCUT2D eigenvalue weighted by Gasteiger charge is -2.21. The van der Waals surface area contributed by atoms with E-state index in [1.807, 2.05) is 0 Å². The molecule has 0 unspecified atom stereocenters. The zero-order valence-electron chi connectivity index (χ0n) is 8.88. The van der Waals surface area contributed by atoms with E-state index in [2.05, 4.69) is 10.2 Å². The summed E-state index contributed by atoms with van der Waals surface area (Å²) < 4.78 is 61.0. The SMILES string of the molecule is Nc1nnc(S(=O)(=O)N(CC(F)(F)F)C2CC2)s1. The molecule has 1 aromatic heterocycles. The molecular formula is C7H9F3N4O2S2. The van der Waals surface area contributed by atoms with Crippen LogP contribution in [-0.2, 0) is 10.0 Å². The van der Waals surface area contributed by atoms with Crippen LogP contribution in [0.2, 0.25) is 0 Å². The van der Waals surface area contributed by atoms with Crippen LogP contribution < -0.4 is 5.73 Å². The van der Waals surface area contributed by atoms with E-state index in [4.69, 9.17) is 5.73 Å². The van der Waals surface area contributed by atoms with Crippen LogP contribution in [0.1, 0.15) is 12.8 Å². The molecule has 1 aliphatic rings. The minimum Gasteiger partial charge on any atom is -0.374 e. The van der Waals surface area contributed by atoms with E-state index in [0.717, 1.165) is 0 Å². The molecule has 1 heterocycles. The Morgan fingerprint density at radius 2 is 2.00 bits per heavy atom. The Hall–Kier alpha value is -0.940. The smallest absolute Gasteiger partial charge is 0.374 e. The van der Waals surface area contributed by atoms with Crippen molar-refractivity contribution < 1.29 is 21.6 Å². The highest BCUT2D eigenvalue weighted by atomic mass is 32.2. The molecule has 2 rings (SSSR count). The second-order valence-electron chi connectivity index (χ2n) is 3.80. The third kappa shape index (κ3) is 2.90. The van der Waals surface area contributed by atoms with Crippen molar-refractivity contribution in [3.63, 3.8) is 0 Å². The van der Waals surface area contributed by atoms with Gasteiger partial charge in [-0.2, -0.15) is 17.5 Å². The van der Waals surface area contributed by atoms with Crippen molar-refractivity contribution in [2.24, 2.45) is 0 Å². The van der Waals surface area contributed by atoms with Gasteiger partial charge in [0.05, 0.1) is 0 Å². The van der Waals surface area contributed by atoms with Crippen molar-refractivity contribution >= 4 is 26.5 Å². The van der Waals surface area contributed by atoms with Crippen molar-refractivity contribution in [1.29, 1.82) is 0 Å². The highest BCUT2D eigenvalue weighted by Crippen LogP contribution is 2.35. The predicted molar refractivity (Wildman–Crippen MR) is 57.3 cm³/mol. The standard InChI is InChI=1S/C7H9F3N4O2S2/c8-7(9,10)3-14(4-1-2-4)18(15,16)6-13-12-5(11)17-6/h4H,1-3H2,(H2,11,12). The molecule has 1 aliphatic carbocycles. The molecule has 102 valence electrons.